The predicted octanol–water partition coefficient (Wildman–Crippen LogP) is 5.41. The average molecular weight is 540 g/mol. The number of methoxy groups -OCH3 is 1. The Morgan fingerprint density at radius 2 is 1.86 bits per heavy atom. The van der Waals surface area contributed by atoms with Crippen LogP contribution in [0.25, 0.3) is 10.9 Å². The molecule has 0 amide bonds. The van der Waals surface area contributed by atoms with Crippen molar-refractivity contribution in [2.75, 3.05) is 13.7 Å². The summed E-state index contributed by atoms with van der Waals surface area (Å²) in [5.41, 5.74) is 3.69. The normalized spacial score (nSPS) is 11.6. The summed E-state index contributed by atoms with van der Waals surface area (Å²) >= 11 is 5.88. The molecule has 4 rings (SSSR count). The number of benzene rings is 2. The molecule has 4 aromatic rings. The third-order valence-electron chi connectivity index (χ3n) is 6.28. The first-order valence-corrected chi connectivity index (χ1v) is 14.1. The summed E-state index contributed by atoms with van der Waals surface area (Å²) in [4.78, 5) is 16.5. The van der Waals surface area contributed by atoms with E-state index in [0.717, 1.165) is 48.7 Å². The summed E-state index contributed by atoms with van der Waals surface area (Å²) in [7, 11) is -2.30. The van der Waals surface area contributed by atoms with Crippen LogP contribution in [0.1, 0.15) is 40.7 Å². The molecule has 0 saturated heterocycles. The zero-order valence-corrected chi connectivity index (χ0v) is 22.3. The minimum atomic E-state index is -3.66. The van der Waals surface area contributed by atoms with Crippen LogP contribution in [0.2, 0.25) is 5.02 Å². The number of hydrogen-bond acceptors (Lipinski definition) is 5. The Morgan fingerprint density at radius 3 is 2.59 bits per heavy atom. The number of esters is 1. The van der Waals surface area contributed by atoms with Crippen molar-refractivity contribution in [2.24, 2.45) is 0 Å². The SMILES string of the molecule is COC(=O)c1ccc2c(c1)c(CCNS(=O)(=O)c1ccc(Cl)cc1)cn2CCCCCc1cccnc1. The maximum atomic E-state index is 12.7. The quantitative estimate of drug-likeness (QED) is 0.192. The van der Waals surface area contributed by atoms with E-state index < -0.39 is 16.0 Å². The van der Waals surface area contributed by atoms with E-state index in [1.807, 2.05) is 24.4 Å². The number of unbranched alkanes of at least 4 members (excludes halogenated alkanes) is 2. The van der Waals surface area contributed by atoms with Crippen LogP contribution in [0.3, 0.4) is 0 Å². The molecule has 9 heteroatoms. The molecule has 2 aromatic heterocycles. The third kappa shape index (κ3) is 6.97. The van der Waals surface area contributed by atoms with Gasteiger partial charge in [0.05, 0.1) is 17.6 Å². The van der Waals surface area contributed by atoms with E-state index in [9.17, 15) is 13.2 Å². The van der Waals surface area contributed by atoms with Gasteiger partial charge in [0.1, 0.15) is 0 Å². The number of carbonyl (C=O) groups is 1. The number of aryl methyl sites for hydroxylation is 2. The van der Waals surface area contributed by atoms with Gasteiger partial charge in [0.2, 0.25) is 10.0 Å². The maximum absolute atomic E-state index is 12.7. The Hall–Kier alpha value is -3.20. The van der Waals surface area contributed by atoms with Gasteiger partial charge in [-0.25, -0.2) is 17.9 Å². The van der Waals surface area contributed by atoms with Crippen LogP contribution < -0.4 is 4.72 Å². The molecule has 0 aliphatic carbocycles. The van der Waals surface area contributed by atoms with Gasteiger partial charge in [0.15, 0.2) is 0 Å². The molecule has 0 bridgehead atoms. The summed E-state index contributed by atoms with van der Waals surface area (Å²) in [5.74, 6) is -0.403. The van der Waals surface area contributed by atoms with E-state index in [1.54, 1.807) is 24.4 Å². The number of nitrogens with one attached hydrogen (secondary N) is 1. The smallest absolute Gasteiger partial charge is 0.337 e. The first kappa shape index (κ1) is 26.9. The summed E-state index contributed by atoms with van der Waals surface area (Å²) in [6.07, 6.45) is 10.4. The largest absolute Gasteiger partial charge is 0.465 e. The zero-order chi connectivity index (χ0) is 26.3. The van der Waals surface area contributed by atoms with E-state index in [2.05, 4.69) is 26.5 Å². The van der Waals surface area contributed by atoms with Gasteiger partial charge < -0.3 is 9.30 Å². The molecule has 0 aliphatic rings. The standard InChI is InChI=1S/C28H30ClN3O4S/c1-36-28(33)22-8-13-27-26(18-22)23(14-16-31-37(34,35)25-11-9-24(29)10-12-25)20-32(27)17-4-2-3-6-21-7-5-15-30-19-21/h5,7-13,15,18-20,31H,2-4,6,14,16-17H2,1H3. The van der Waals surface area contributed by atoms with E-state index in [4.69, 9.17) is 16.3 Å². The summed E-state index contributed by atoms with van der Waals surface area (Å²) in [6.45, 7) is 1.05. The molecule has 0 saturated carbocycles. The fourth-order valence-electron chi connectivity index (χ4n) is 4.35. The number of carbonyl (C=O) groups excluding carboxylic acids is 1. The molecule has 37 heavy (non-hydrogen) atoms. The van der Waals surface area contributed by atoms with Crippen LogP contribution in [0, 0.1) is 0 Å². The summed E-state index contributed by atoms with van der Waals surface area (Å²) in [5, 5.41) is 1.40. The third-order valence-corrected chi connectivity index (χ3v) is 8.01. The van der Waals surface area contributed by atoms with E-state index in [0.29, 0.717) is 17.0 Å². The molecule has 0 fully saturated rings. The second kappa shape index (κ2) is 12.4. The number of nitrogens with zero attached hydrogens (tertiary/aromatic N) is 2. The number of rotatable bonds is 12. The lowest BCUT2D eigenvalue weighted by Crippen LogP contribution is -2.25. The highest BCUT2D eigenvalue weighted by molar-refractivity contribution is 7.89. The monoisotopic (exact) mass is 539 g/mol. The highest BCUT2D eigenvalue weighted by Gasteiger charge is 2.16. The lowest BCUT2D eigenvalue weighted by molar-refractivity contribution is 0.0601. The second-order valence-electron chi connectivity index (χ2n) is 8.84. The second-order valence-corrected chi connectivity index (χ2v) is 11.0. The van der Waals surface area contributed by atoms with Gasteiger partial charge in [0.25, 0.3) is 0 Å². The Labute approximate surface area is 222 Å². The van der Waals surface area contributed by atoms with Crippen molar-refractivity contribution in [3.05, 3.63) is 94.9 Å². The van der Waals surface area contributed by atoms with Crippen LogP contribution in [-0.2, 0) is 34.1 Å². The van der Waals surface area contributed by atoms with Crippen LogP contribution in [0.15, 0.2) is 78.1 Å². The summed E-state index contributed by atoms with van der Waals surface area (Å²) in [6, 6.07) is 15.6. The Bertz CT molecular complexity index is 1450. The zero-order valence-electron chi connectivity index (χ0n) is 20.7. The van der Waals surface area contributed by atoms with Gasteiger partial charge >= 0.3 is 5.97 Å². The fraction of sp³-hybridized carbons (Fsp3) is 0.286. The molecule has 0 spiro atoms. The Balaban J connectivity index is 1.44. The van der Waals surface area contributed by atoms with Gasteiger partial charge in [-0.3, -0.25) is 4.98 Å². The minimum Gasteiger partial charge on any atom is -0.465 e. The highest BCUT2D eigenvalue weighted by atomic mass is 35.5. The average Bonchev–Trinajstić information content (AvgIpc) is 3.25. The van der Waals surface area contributed by atoms with Crippen LogP contribution in [-0.4, -0.2) is 37.6 Å². The number of halogens is 1. The van der Waals surface area contributed by atoms with Crippen molar-refractivity contribution in [3.63, 3.8) is 0 Å². The number of ether oxygens (including phenoxy) is 1. The van der Waals surface area contributed by atoms with Gasteiger partial charge in [-0.2, -0.15) is 0 Å². The van der Waals surface area contributed by atoms with Crippen molar-refractivity contribution in [3.8, 4) is 0 Å². The molecular formula is C28H30ClN3O4S. The van der Waals surface area contributed by atoms with Gasteiger partial charge in [-0.05, 0) is 85.3 Å². The molecule has 7 nitrogen and oxygen atoms in total. The molecule has 2 heterocycles. The molecule has 0 atom stereocenters. The lowest BCUT2D eigenvalue weighted by Gasteiger charge is -2.07. The number of hydrogen-bond donors (Lipinski definition) is 1. The number of fused-ring (bicyclic) bond motifs is 1. The van der Waals surface area contributed by atoms with Crippen molar-refractivity contribution < 1.29 is 17.9 Å². The van der Waals surface area contributed by atoms with Crippen molar-refractivity contribution in [2.45, 2.75) is 43.5 Å². The minimum absolute atomic E-state index is 0.165. The first-order valence-electron chi connectivity index (χ1n) is 12.2. The van der Waals surface area contributed by atoms with Crippen molar-refractivity contribution in [1.82, 2.24) is 14.3 Å². The highest BCUT2D eigenvalue weighted by Crippen LogP contribution is 2.25. The fourth-order valence-corrected chi connectivity index (χ4v) is 5.51. The number of pyridine rings is 1. The molecule has 0 unspecified atom stereocenters. The van der Waals surface area contributed by atoms with Gasteiger partial charge in [-0.1, -0.05) is 24.1 Å². The maximum Gasteiger partial charge on any atom is 0.337 e. The molecule has 0 aliphatic heterocycles. The van der Waals surface area contributed by atoms with E-state index in [1.165, 1.54) is 24.8 Å². The van der Waals surface area contributed by atoms with Crippen LogP contribution in [0.4, 0.5) is 0 Å². The Morgan fingerprint density at radius 1 is 1.05 bits per heavy atom. The molecule has 0 radical (unpaired) electrons. The van der Waals surface area contributed by atoms with E-state index >= 15 is 0 Å². The van der Waals surface area contributed by atoms with Crippen LogP contribution >= 0.6 is 11.6 Å². The molecule has 2 aromatic carbocycles. The molecular weight excluding hydrogens is 510 g/mol. The van der Waals surface area contributed by atoms with Gasteiger partial charge in [0, 0.05) is 47.6 Å². The topological polar surface area (TPSA) is 90.3 Å². The Kier molecular flexibility index (Phi) is 8.97. The van der Waals surface area contributed by atoms with E-state index in [-0.39, 0.29) is 11.4 Å². The van der Waals surface area contributed by atoms with Crippen LogP contribution in [0.5, 0.6) is 0 Å². The van der Waals surface area contributed by atoms with Crippen molar-refractivity contribution >= 4 is 38.5 Å². The lowest BCUT2D eigenvalue weighted by atomic mass is 10.1. The van der Waals surface area contributed by atoms with Crippen molar-refractivity contribution in [1.29, 1.82) is 0 Å². The predicted molar refractivity (Wildman–Crippen MR) is 145 cm³/mol. The number of aromatic nitrogens is 2. The first-order chi connectivity index (χ1) is 17.9. The van der Waals surface area contributed by atoms with Gasteiger partial charge in [-0.15, -0.1) is 0 Å². The number of sulfonamides is 1. The molecule has 194 valence electrons. The molecule has 1 N–H and O–H groups in total. The summed E-state index contributed by atoms with van der Waals surface area (Å²) < 4.78 is 35.1.